The number of ether oxygens (including phenoxy) is 2. The molecule has 6 heteroatoms. The highest BCUT2D eigenvalue weighted by molar-refractivity contribution is 5.99. The van der Waals surface area contributed by atoms with Crippen LogP contribution in [0.2, 0.25) is 0 Å². The molecule has 1 aliphatic rings. The molecule has 2 aromatic carbocycles. The van der Waals surface area contributed by atoms with Gasteiger partial charge in [-0.15, -0.1) is 0 Å². The van der Waals surface area contributed by atoms with Gasteiger partial charge in [-0.05, 0) is 42.2 Å². The van der Waals surface area contributed by atoms with Gasteiger partial charge in [0, 0.05) is 11.3 Å². The number of nitrogens with zero attached hydrogens (tertiary/aromatic N) is 1. The van der Waals surface area contributed by atoms with Crippen molar-refractivity contribution in [1.29, 1.82) is 0 Å². The van der Waals surface area contributed by atoms with E-state index in [-0.39, 0.29) is 17.9 Å². The number of amides is 1. The first-order valence-electron chi connectivity index (χ1n) is 9.30. The van der Waals surface area contributed by atoms with Gasteiger partial charge in [0.25, 0.3) is 5.91 Å². The van der Waals surface area contributed by atoms with Gasteiger partial charge in [-0.3, -0.25) is 4.79 Å². The number of carbonyl (C=O) groups excluding carboxylic acids is 1. The first-order chi connectivity index (χ1) is 13.3. The molecule has 1 heterocycles. The van der Waals surface area contributed by atoms with Gasteiger partial charge in [0.05, 0.1) is 5.71 Å². The van der Waals surface area contributed by atoms with Crippen molar-refractivity contribution in [2.45, 2.75) is 33.1 Å². The fourth-order valence-corrected chi connectivity index (χ4v) is 2.94. The number of oxime groups is 1. The van der Waals surface area contributed by atoms with Crippen LogP contribution in [0.4, 0.5) is 5.69 Å². The standard InChI is InChI=1S/C22H26N2O4/c1-15(16-9-10-19-20(13-16)27-12-11-26-19)24-28-14-21(25)23-18-8-6-5-7-17(18)22(2,3)4/h5-10,13H,11-12,14H2,1-4H3,(H,23,25)/b24-15+. The molecule has 3 rings (SSSR count). The zero-order valence-corrected chi connectivity index (χ0v) is 16.7. The summed E-state index contributed by atoms with van der Waals surface area (Å²) in [6.07, 6.45) is 0. The van der Waals surface area contributed by atoms with Crippen LogP contribution in [0.15, 0.2) is 47.6 Å². The summed E-state index contributed by atoms with van der Waals surface area (Å²) in [6, 6.07) is 13.4. The maximum absolute atomic E-state index is 12.3. The van der Waals surface area contributed by atoms with Crippen LogP contribution in [0.3, 0.4) is 0 Å². The highest BCUT2D eigenvalue weighted by Crippen LogP contribution is 2.31. The topological polar surface area (TPSA) is 69.2 Å². The van der Waals surface area contributed by atoms with Gasteiger partial charge in [0.2, 0.25) is 0 Å². The first-order valence-corrected chi connectivity index (χ1v) is 9.30. The molecule has 1 N–H and O–H groups in total. The lowest BCUT2D eigenvalue weighted by Gasteiger charge is -2.22. The zero-order valence-electron chi connectivity index (χ0n) is 16.7. The number of nitrogens with one attached hydrogen (secondary N) is 1. The van der Waals surface area contributed by atoms with Crippen LogP contribution in [0.5, 0.6) is 11.5 Å². The van der Waals surface area contributed by atoms with Gasteiger partial charge in [-0.2, -0.15) is 0 Å². The minimum Gasteiger partial charge on any atom is -0.486 e. The molecule has 1 aliphatic heterocycles. The van der Waals surface area contributed by atoms with Gasteiger partial charge in [-0.1, -0.05) is 44.1 Å². The SMILES string of the molecule is C/C(=N\OCC(=O)Nc1ccccc1C(C)(C)C)c1ccc2c(c1)OCCO2. The lowest BCUT2D eigenvalue weighted by Crippen LogP contribution is -2.21. The normalized spacial score (nSPS) is 13.8. The lowest BCUT2D eigenvalue weighted by molar-refractivity contribution is -0.120. The molecule has 1 amide bonds. The minimum absolute atomic E-state index is 0.0717. The molecular formula is C22H26N2O4. The Morgan fingerprint density at radius 2 is 1.82 bits per heavy atom. The van der Waals surface area contributed by atoms with E-state index in [1.807, 2.05) is 49.4 Å². The molecule has 2 aromatic rings. The Labute approximate surface area is 165 Å². The zero-order chi connectivity index (χ0) is 20.1. The number of carbonyl (C=O) groups is 1. The highest BCUT2D eigenvalue weighted by Gasteiger charge is 2.18. The Hall–Kier alpha value is -3.02. The second-order valence-electron chi connectivity index (χ2n) is 7.65. The third kappa shape index (κ3) is 4.82. The quantitative estimate of drug-likeness (QED) is 0.623. The molecule has 0 bridgehead atoms. The highest BCUT2D eigenvalue weighted by atomic mass is 16.6. The van der Waals surface area contributed by atoms with Crippen LogP contribution in [0, 0.1) is 0 Å². The fraction of sp³-hybridized carbons (Fsp3) is 0.364. The summed E-state index contributed by atoms with van der Waals surface area (Å²) in [5, 5.41) is 6.96. The van der Waals surface area contributed by atoms with E-state index in [9.17, 15) is 4.79 Å². The Morgan fingerprint density at radius 1 is 1.11 bits per heavy atom. The van der Waals surface area contributed by atoms with Crippen molar-refractivity contribution < 1.29 is 19.1 Å². The van der Waals surface area contributed by atoms with E-state index < -0.39 is 0 Å². The summed E-state index contributed by atoms with van der Waals surface area (Å²) in [5.74, 6) is 1.16. The van der Waals surface area contributed by atoms with Crippen LogP contribution in [0.25, 0.3) is 0 Å². The lowest BCUT2D eigenvalue weighted by atomic mass is 9.86. The molecule has 0 spiro atoms. The van der Waals surface area contributed by atoms with Crippen LogP contribution >= 0.6 is 0 Å². The smallest absolute Gasteiger partial charge is 0.265 e. The molecule has 28 heavy (non-hydrogen) atoms. The van der Waals surface area contributed by atoms with Gasteiger partial charge in [0.15, 0.2) is 18.1 Å². The maximum atomic E-state index is 12.3. The van der Waals surface area contributed by atoms with Gasteiger partial charge >= 0.3 is 0 Å². The first kappa shape index (κ1) is 19.7. The van der Waals surface area contributed by atoms with E-state index in [0.29, 0.717) is 24.7 Å². The number of benzene rings is 2. The largest absolute Gasteiger partial charge is 0.486 e. The van der Waals surface area contributed by atoms with Crippen molar-refractivity contribution in [2.75, 3.05) is 25.1 Å². The van der Waals surface area contributed by atoms with E-state index in [1.165, 1.54) is 0 Å². The van der Waals surface area contributed by atoms with E-state index in [1.54, 1.807) is 0 Å². The number of fused-ring (bicyclic) bond motifs is 1. The van der Waals surface area contributed by atoms with E-state index in [0.717, 1.165) is 22.6 Å². The molecule has 0 atom stereocenters. The van der Waals surface area contributed by atoms with Crippen molar-refractivity contribution in [2.24, 2.45) is 5.16 Å². The predicted molar refractivity (Wildman–Crippen MR) is 109 cm³/mol. The summed E-state index contributed by atoms with van der Waals surface area (Å²) in [5.41, 5.74) is 3.29. The minimum atomic E-state index is -0.254. The van der Waals surface area contributed by atoms with Crippen molar-refractivity contribution in [3.8, 4) is 11.5 Å². The van der Waals surface area contributed by atoms with Crippen molar-refractivity contribution in [1.82, 2.24) is 0 Å². The molecule has 0 unspecified atom stereocenters. The van der Waals surface area contributed by atoms with E-state index in [4.69, 9.17) is 14.3 Å². The van der Waals surface area contributed by atoms with Gasteiger partial charge < -0.3 is 19.6 Å². The molecule has 0 aliphatic carbocycles. The van der Waals surface area contributed by atoms with E-state index >= 15 is 0 Å². The van der Waals surface area contributed by atoms with Crippen LogP contribution in [0.1, 0.15) is 38.8 Å². The Morgan fingerprint density at radius 3 is 2.57 bits per heavy atom. The summed E-state index contributed by atoms with van der Waals surface area (Å²) in [6.45, 7) is 9.05. The monoisotopic (exact) mass is 382 g/mol. The molecule has 148 valence electrons. The van der Waals surface area contributed by atoms with E-state index in [2.05, 4.69) is 31.2 Å². The molecule has 0 saturated heterocycles. The van der Waals surface area contributed by atoms with Crippen molar-refractivity contribution in [3.05, 3.63) is 53.6 Å². The second kappa shape index (κ2) is 8.33. The number of hydrogen-bond acceptors (Lipinski definition) is 5. The third-order valence-corrected chi connectivity index (χ3v) is 4.37. The predicted octanol–water partition coefficient (Wildman–Crippen LogP) is 4.13. The van der Waals surface area contributed by atoms with Crippen LogP contribution in [-0.2, 0) is 15.0 Å². The molecule has 0 radical (unpaired) electrons. The molecule has 0 fully saturated rings. The second-order valence-corrected chi connectivity index (χ2v) is 7.65. The Kier molecular flexibility index (Phi) is 5.87. The average Bonchev–Trinajstić information content (AvgIpc) is 2.67. The molecular weight excluding hydrogens is 356 g/mol. The fourth-order valence-electron chi connectivity index (χ4n) is 2.94. The van der Waals surface area contributed by atoms with Crippen molar-refractivity contribution in [3.63, 3.8) is 0 Å². The summed E-state index contributed by atoms with van der Waals surface area (Å²) in [4.78, 5) is 17.5. The average molecular weight is 382 g/mol. The molecule has 0 saturated carbocycles. The maximum Gasteiger partial charge on any atom is 0.265 e. The summed E-state index contributed by atoms with van der Waals surface area (Å²) >= 11 is 0. The Bertz CT molecular complexity index is 884. The number of para-hydroxylation sites is 1. The van der Waals surface area contributed by atoms with Crippen molar-refractivity contribution >= 4 is 17.3 Å². The number of hydrogen-bond donors (Lipinski definition) is 1. The van der Waals surface area contributed by atoms with Gasteiger partial charge in [-0.25, -0.2) is 0 Å². The van der Waals surface area contributed by atoms with Gasteiger partial charge in [0.1, 0.15) is 13.2 Å². The Balaban J connectivity index is 1.59. The summed E-state index contributed by atoms with van der Waals surface area (Å²) in [7, 11) is 0. The number of rotatable bonds is 5. The molecule has 0 aromatic heterocycles. The number of anilines is 1. The molecule has 6 nitrogen and oxygen atoms in total. The summed E-state index contributed by atoms with van der Waals surface area (Å²) < 4.78 is 11.1. The third-order valence-electron chi connectivity index (χ3n) is 4.37. The van der Waals surface area contributed by atoms with Crippen LogP contribution in [-0.4, -0.2) is 31.4 Å². The van der Waals surface area contributed by atoms with Crippen LogP contribution < -0.4 is 14.8 Å².